The Balaban J connectivity index is 0. The van der Waals surface area contributed by atoms with Gasteiger partial charge < -0.3 is 13.7 Å². The fourth-order valence-corrected chi connectivity index (χ4v) is 0.354. The van der Waals surface area contributed by atoms with Gasteiger partial charge in [-0.2, -0.15) is 0 Å². The number of hydrogen-bond acceptors (Lipinski definition) is 3. The molecule has 0 aliphatic rings. The molecule has 0 aromatic heterocycles. The van der Waals surface area contributed by atoms with Gasteiger partial charge in [-0.05, 0) is 6.92 Å². The van der Waals surface area contributed by atoms with Gasteiger partial charge in [0, 0.05) is 6.61 Å². The van der Waals surface area contributed by atoms with E-state index in [2.05, 4.69) is 4.43 Å². The first-order valence-electron chi connectivity index (χ1n) is 1.61. The molecular weight excluding hydrogens is 186 g/mol. The van der Waals surface area contributed by atoms with Crippen molar-refractivity contribution in [2.75, 3.05) is 6.61 Å². The third-order valence-corrected chi connectivity index (χ3v) is 0.787. The van der Waals surface area contributed by atoms with Gasteiger partial charge >= 0.3 is 67.4 Å². The van der Waals surface area contributed by atoms with Gasteiger partial charge in [0.05, 0.1) is 0 Å². The summed E-state index contributed by atoms with van der Waals surface area (Å²) in [6, 6.07) is 0. The largest absolute Gasteiger partial charge is 1.00 e. The smallest absolute Gasteiger partial charge is 0.588 e. The van der Waals surface area contributed by atoms with E-state index in [1.165, 1.54) is 0 Å². The maximum absolute atomic E-state index is 9.45. The van der Waals surface area contributed by atoms with Crippen LogP contribution in [-0.4, -0.2) is 15.8 Å². The molecule has 0 aliphatic heterocycles. The number of rotatable bonds is 2. The Bertz CT molecular complexity index is 56.9. The van der Waals surface area contributed by atoms with Crippen molar-refractivity contribution >= 4 is 9.17 Å². The molecular formula is C2H5O3RbSi. The first-order chi connectivity index (χ1) is 2.77. The third-order valence-electron chi connectivity index (χ3n) is 0.262. The van der Waals surface area contributed by atoms with Crippen LogP contribution in [0.4, 0.5) is 0 Å². The molecule has 0 amide bonds. The number of hydrogen-bond donors (Lipinski definition) is 0. The predicted octanol–water partition coefficient (Wildman–Crippen LogP) is -4.20. The van der Waals surface area contributed by atoms with E-state index in [1.54, 1.807) is 6.92 Å². The molecule has 0 unspecified atom stereocenters. The molecule has 0 atom stereocenters. The second-order valence-electron chi connectivity index (χ2n) is 0.683. The molecule has 0 spiro atoms. The maximum Gasteiger partial charge on any atom is 1.00 e. The minimum absolute atomic E-state index is 0. The quantitative estimate of drug-likeness (QED) is 0.415. The summed E-state index contributed by atoms with van der Waals surface area (Å²) in [5.41, 5.74) is 0. The Morgan fingerprint density at radius 1 is 1.86 bits per heavy atom. The van der Waals surface area contributed by atoms with Crippen LogP contribution in [0.3, 0.4) is 0 Å². The van der Waals surface area contributed by atoms with Gasteiger partial charge in [0.25, 0.3) is 0 Å². The average Bonchev–Trinajstić information content (AvgIpc) is 1.35. The summed E-state index contributed by atoms with van der Waals surface area (Å²) < 4.78 is 13.5. The van der Waals surface area contributed by atoms with Crippen molar-refractivity contribution in [1.82, 2.24) is 0 Å². The Morgan fingerprint density at radius 3 is 2.29 bits per heavy atom. The summed E-state index contributed by atoms with van der Waals surface area (Å²) in [4.78, 5) is 9.45. The van der Waals surface area contributed by atoms with Gasteiger partial charge in [-0.15, -0.1) is 0 Å². The Hall–Kier alpha value is 1.42. The standard InChI is InChI=1S/C2H5O3Si.Rb/c1-2-5-6(3)4;/h2H2,1H3;/q-1;+1. The summed E-state index contributed by atoms with van der Waals surface area (Å²) in [6.45, 7) is 1.88. The Morgan fingerprint density at radius 2 is 2.29 bits per heavy atom. The fraction of sp³-hybridized carbons (Fsp3) is 1.00. The minimum atomic E-state index is -2.89. The Labute approximate surface area is 92.8 Å². The van der Waals surface area contributed by atoms with E-state index in [1.807, 2.05) is 0 Å². The van der Waals surface area contributed by atoms with Crippen molar-refractivity contribution < 1.29 is 71.9 Å². The summed E-state index contributed by atoms with van der Waals surface area (Å²) in [6.07, 6.45) is 0. The van der Waals surface area contributed by atoms with E-state index >= 15 is 0 Å². The molecule has 0 fully saturated rings. The Kier molecular flexibility index (Phi) is 11.9. The van der Waals surface area contributed by atoms with Gasteiger partial charge in [0.1, 0.15) is 0 Å². The zero-order valence-corrected chi connectivity index (χ0v) is 10.3. The van der Waals surface area contributed by atoms with Crippen molar-refractivity contribution in [1.29, 1.82) is 0 Å². The first kappa shape index (κ1) is 11.2. The van der Waals surface area contributed by atoms with Crippen LogP contribution in [0.25, 0.3) is 0 Å². The summed E-state index contributed by atoms with van der Waals surface area (Å²) in [5.74, 6) is 0. The van der Waals surface area contributed by atoms with E-state index < -0.39 is 9.17 Å². The molecule has 36 valence electrons. The maximum atomic E-state index is 9.45. The van der Waals surface area contributed by atoms with Crippen molar-refractivity contribution in [3.05, 3.63) is 0 Å². The summed E-state index contributed by atoms with van der Waals surface area (Å²) >= 11 is 0. The molecule has 0 rings (SSSR count). The normalized spacial score (nSPS) is 6.43. The molecule has 5 heteroatoms. The molecule has 0 saturated heterocycles. The molecule has 0 aromatic rings. The van der Waals surface area contributed by atoms with Gasteiger partial charge in [-0.3, -0.25) is 0 Å². The zero-order chi connectivity index (χ0) is 4.99. The third kappa shape index (κ3) is 11.2. The van der Waals surface area contributed by atoms with Gasteiger partial charge in [-0.25, -0.2) is 0 Å². The van der Waals surface area contributed by atoms with Crippen molar-refractivity contribution in [3.8, 4) is 0 Å². The predicted molar refractivity (Wildman–Crippen MR) is 18.1 cm³/mol. The van der Waals surface area contributed by atoms with Crippen LogP contribution >= 0.6 is 0 Å². The molecule has 0 aliphatic carbocycles. The first-order valence-corrected chi connectivity index (χ1v) is 2.83. The monoisotopic (exact) mass is 190 g/mol. The van der Waals surface area contributed by atoms with E-state index in [0.29, 0.717) is 0 Å². The van der Waals surface area contributed by atoms with Gasteiger partial charge in [0.15, 0.2) is 0 Å². The van der Waals surface area contributed by atoms with E-state index in [9.17, 15) is 9.26 Å². The van der Waals surface area contributed by atoms with E-state index in [4.69, 9.17) is 0 Å². The summed E-state index contributed by atoms with van der Waals surface area (Å²) in [5, 5.41) is 0. The van der Waals surface area contributed by atoms with Crippen molar-refractivity contribution in [3.63, 3.8) is 0 Å². The van der Waals surface area contributed by atoms with Crippen molar-refractivity contribution in [2.24, 2.45) is 0 Å². The molecule has 7 heavy (non-hydrogen) atoms. The van der Waals surface area contributed by atoms with E-state index in [-0.39, 0.29) is 64.8 Å². The molecule has 0 N–H and O–H groups in total. The SMILES string of the molecule is CCO[Si](=O)[O-].[Rb+]. The fourth-order valence-electron chi connectivity index (χ4n) is 0.118. The molecule has 0 saturated carbocycles. The average molecular weight is 191 g/mol. The second-order valence-corrected chi connectivity index (χ2v) is 1.47. The second kappa shape index (κ2) is 7.42. The van der Waals surface area contributed by atoms with Crippen LogP contribution in [0.15, 0.2) is 0 Å². The summed E-state index contributed by atoms with van der Waals surface area (Å²) in [7, 11) is -2.89. The zero-order valence-electron chi connectivity index (χ0n) is 4.43. The molecule has 0 heterocycles. The van der Waals surface area contributed by atoms with Gasteiger partial charge in [-0.1, -0.05) is 0 Å². The molecule has 0 bridgehead atoms. The van der Waals surface area contributed by atoms with Crippen LogP contribution in [0.2, 0.25) is 0 Å². The van der Waals surface area contributed by atoms with Crippen LogP contribution in [0.1, 0.15) is 6.92 Å². The topological polar surface area (TPSA) is 49.4 Å². The van der Waals surface area contributed by atoms with Crippen LogP contribution < -0.4 is 63.0 Å². The van der Waals surface area contributed by atoms with E-state index in [0.717, 1.165) is 0 Å². The van der Waals surface area contributed by atoms with Crippen molar-refractivity contribution in [2.45, 2.75) is 6.92 Å². The van der Waals surface area contributed by atoms with Crippen LogP contribution in [0, 0.1) is 0 Å². The molecule has 0 aromatic carbocycles. The van der Waals surface area contributed by atoms with Crippen LogP contribution in [-0.2, 0) is 8.89 Å². The molecule has 0 radical (unpaired) electrons. The van der Waals surface area contributed by atoms with Gasteiger partial charge in [0.2, 0.25) is 0 Å². The minimum Gasteiger partial charge on any atom is -0.588 e. The van der Waals surface area contributed by atoms with Crippen LogP contribution in [0.5, 0.6) is 0 Å². The molecule has 3 nitrogen and oxygen atoms in total.